The fraction of sp³-hybridized carbons (Fsp3) is 0.500. The molecule has 2 N–H and O–H groups in total. The van der Waals surface area contributed by atoms with Crippen molar-refractivity contribution in [3.05, 3.63) is 34.3 Å². The van der Waals surface area contributed by atoms with Crippen LogP contribution in [0.4, 0.5) is 0 Å². The number of oxazole rings is 1. The molecule has 1 aliphatic rings. The summed E-state index contributed by atoms with van der Waals surface area (Å²) in [5.41, 5.74) is 2.64. The van der Waals surface area contributed by atoms with E-state index in [2.05, 4.69) is 23.3 Å². The second kappa shape index (κ2) is 4.61. The second-order valence-electron chi connectivity index (χ2n) is 5.00. The molecular formula is C14H18N2O2. The predicted molar refractivity (Wildman–Crippen MR) is 70.6 cm³/mol. The van der Waals surface area contributed by atoms with E-state index in [1.54, 1.807) is 0 Å². The molecular weight excluding hydrogens is 228 g/mol. The first kappa shape index (κ1) is 11.5. The fourth-order valence-corrected chi connectivity index (χ4v) is 2.71. The van der Waals surface area contributed by atoms with Gasteiger partial charge in [-0.2, -0.15) is 0 Å². The third-order valence-electron chi connectivity index (χ3n) is 3.85. The van der Waals surface area contributed by atoms with Crippen molar-refractivity contribution in [2.45, 2.75) is 32.2 Å². The number of hydrogen-bond acceptors (Lipinski definition) is 3. The Morgan fingerprint density at radius 3 is 3.00 bits per heavy atom. The molecule has 0 amide bonds. The standard InChI is InChI=1S/C14H18N2O2/c1-2-15-13(9-4-3-5-9)10-6-7-11-12(8-10)18-14(17)16-11/h6-9,13,15H,2-5H2,1H3,(H,16,17). The van der Waals surface area contributed by atoms with Gasteiger partial charge in [-0.05, 0) is 43.0 Å². The van der Waals surface area contributed by atoms with Gasteiger partial charge >= 0.3 is 5.76 Å². The minimum atomic E-state index is -0.384. The van der Waals surface area contributed by atoms with Crippen molar-refractivity contribution in [2.24, 2.45) is 5.92 Å². The van der Waals surface area contributed by atoms with Crippen LogP contribution in [0, 0.1) is 5.92 Å². The molecule has 0 saturated heterocycles. The van der Waals surface area contributed by atoms with Gasteiger partial charge in [0.15, 0.2) is 5.58 Å². The first-order chi connectivity index (χ1) is 8.78. The first-order valence-electron chi connectivity index (χ1n) is 6.64. The van der Waals surface area contributed by atoms with Crippen LogP contribution in [0.15, 0.2) is 27.4 Å². The highest BCUT2D eigenvalue weighted by atomic mass is 16.4. The molecule has 0 spiro atoms. The zero-order chi connectivity index (χ0) is 12.5. The summed E-state index contributed by atoms with van der Waals surface area (Å²) in [6.07, 6.45) is 3.90. The number of hydrogen-bond donors (Lipinski definition) is 2. The van der Waals surface area contributed by atoms with Gasteiger partial charge in [0.2, 0.25) is 0 Å². The summed E-state index contributed by atoms with van der Waals surface area (Å²) >= 11 is 0. The second-order valence-corrected chi connectivity index (χ2v) is 5.00. The zero-order valence-electron chi connectivity index (χ0n) is 10.5. The summed E-state index contributed by atoms with van der Waals surface area (Å²) in [5.74, 6) is 0.332. The van der Waals surface area contributed by atoms with Crippen LogP contribution in [0.3, 0.4) is 0 Å². The fourth-order valence-electron chi connectivity index (χ4n) is 2.71. The molecule has 1 aliphatic carbocycles. The van der Waals surface area contributed by atoms with E-state index in [1.165, 1.54) is 24.8 Å². The molecule has 1 aromatic carbocycles. The average Bonchev–Trinajstić information content (AvgIpc) is 2.65. The Morgan fingerprint density at radius 1 is 1.50 bits per heavy atom. The SMILES string of the molecule is CCNC(c1ccc2[nH]c(=O)oc2c1)C1CCC1. The van der Waals surface area contributed by atoms with Crippen molar-refractivity contribution in [1.82, 2.24) is 10.3 Å². The van der Waals surface area contributed by atoms with Crippen LogP contribution in [-0.4, -0.2) is 11.5 Å². The third kappa shape index (κ3) is 1.97. The van der Waals surface area contributed by atoms with Gasteiger partial charge in [-0.25, -0.2) is 4.79 Å². The van der Waals surface area contributed by atoms with Gasteiger partial charge in [0.05, 0.1) is 5.52 Å². The number of fused-ring (bicyclic) bond motifs is 1. The largest absolute Gasteiger partial charge is 0.417 e. The Bertz CT molecular complexity index is 595. The number of benzene rings is 1. The Balaban J connectivity index is 1.96. The zero-order valence-corrected chi connectivity index (χ0v) is 10.5. The van der Waals surface area contributed by atoms with Crippen molar-refractivity contribution in [3.63, 3.8) is 0 Å². The molecule has 1 heterocycles. The summed E-state index contributed by atoms with van der Waals surface area (Å²) in [7, 11) is 0. The van der Waals surface area contributed by atoms with Gasteiger partial charge in [-0.3, -0.25) is 4.98 Å². The lowest BCUT2D eigenvalue weighted by Crippen LogP contribution is -2.32. The quantitative estimate of drug-likeness (QED) is 0.871. The van der Waals surface area contributed by atoms with Crippen LogP contribution in [0.1, 0.15) is 37.8 Å². The minimum Gasteiger partial charge on any atom is -0.408 e. The molecule has 0 bridgehead atoms. The Labute approximate surface area is 105 Å². The molecule has 1 fully saturated rings. The maximum Gasteiger partial charge on any atom is 0.417 e. The molecule has 0 radical (unpaired) electrons. The topological polar surface area (TPSA) is 58.0 Å². The monoisotopic (exact) mass is 246 g/mol. The Morgan fingerprint density at radius 2 is 2.33 bits per heavy atom. The molecule has 4 heteroatoms. The Kier molecular flexibility index (Phi) is 2.96. The van der Waals surface area contributed by atoms with Gasteiger partial charge in [0, 0.05) is 6.04 Å². The van der Waals surface area contributed by atoms with E-state index in [4.69, 9.17) is 4.42 Å². The normalized spacial score (nSPS) is 17.8. The van der Waals surface area contributed by atoms with Crippen molar-refractivity contribution in [3.8, 4) is 0 Å². The summed E-state index contributed by atoms with van der Waals surface area (Å²) in [6, 6.07) is 6.38. The number of H-pyrrole nitrogens is 1. The number of aromatic nitrogens is 1. The van der Waals surface area contributed by atoms with Crippen molar-refractivity contribution in [1.29, 1.82) is 0 Å². The maximum atomic E-state index is 11.2. The highest BCUT2D eigenvalue weighted by Crippen LogP contribution is 2.38. The molecule has 4 nitrogen and oxygen atoms in total. The first-order valence-corrected chi connectivity index (χ1v) is 6.64. The van der Waals surface area contributed by atoms with Crippen molar-refractivity contribution >= 4 is 11.1 Å². The maximum absolute atomic E-state index is 11.2. The van der Waals surface area contributed by atoms with Crippen molar-refractivity contribution < 1.29 is 4.42 Å². The summed E-state index contributed by atoms with van der Waals surface area (Å²) in [4.78, 5) is 13.8. The Hall–Kier alpha value is -1.55. The van der Waals surface area contributed by atoms with Crippen LogP contribution >= 0.6 is 0 Å². The molecule has 1 aromatic heterocycles. The highest BCUT2D eigenvalue weighted by Gasteiger charge is 2.28. The van der Waals surface area contributed by atoms with E-state index in [0.29, 0.717) is 17.5 Å². The van der Waals surface area contributed by atoms with Crippen LogP contribution in [0.2, 0.25) is 0 Å². The molecule has 1 unspecified atom stereocenters. The van der Waals surface area contributed by atoms with Gasteiger partial charge in [0.25, 0.3) is 0 Å². The minimum absolute atomic E-state index is 0.383. The molecule has 96 valence electrons. The van der Waals surface area contributed by atoms with E-state index in [9.17, 15) is 4.79 Å². The van der Waals surface area contributed by atoms with E-state index >= 15 is 0 Å². The number of rotatable bonds is 4. The smallest absolute Gasteiger partial charge is 0.408 e. The van der Waals surface area contributed by atoms with Crippen LogP contribution in [0.5, 0.6) is 0 Å². The van der Waals surface area contributed by atoms with E-state index in [0.717, 1.165) is 12.1 Å². The van der Waals surface area contributed by atoms with Crippen molar-refractivity contribution in [2.75, 3.05) is 6.54 Å². The molecule has 18 heavy (non-hydrogen) atoms. The lowest BCUT2D eigenvalue weighted by molar-refractivity contribution is 0.233. The molecule has 0 aliphatic heterocycles. The van der Waals surface area contributed by atoms with Crippen LogP contribution < -0.4 is 11.1 Å². The highest BCUT2D eigenvalue weighted by molar-refractivity contribution is 5.72. The van der Waals surface area contributed by atoms with E-state index < -0.39 is 0 Å². The van der Waals surface area contributed by atoms with Gasteiger partial charge < -0.3 is 9.73 Å². The average molecular weight is 246 g/mol. The summed E-state index contributed by atoms with van der Waals surface area (Å²) < 4.78 is 5.13. The van der Waals surface area contributed by atoms with Crippen LogP contribution in [0.25, 0.3) is 11.1 Å². The number of aromatic amines is 1. The van der Waals surface area contributed by atoms with E-state index in [-0.39, 0.29) is 5.76 Å². The third-order valence-corrected chi connectivity index (χ3v) is 3.85. The van der Waals surface area contributed by atoms with Gasteiger partial charge in [-0.1, -0.05) is 19.4 Å². The molecule has 1 saturated carbocycles. The molecule has 3 rings (SSSR count). The summed E-state index contributed by atoms with van der Waals surface area (Å²) in [5, 5.41) is 3.54. The van der Waals surface area contributed by atoms with E-state index in [1.807, 2.05) is 12.1 Å². The van der Waals surface area contributed by atoms with Gasteiger partial charge in [0.1, 0.15) is 0 Å². The number of nitrogens with one attached hydrogen (secondary N) is 2. The van der Waals surface area contributed by atoms with Gasteiger partial charge in [-0.15, -0.1) is 0 Å². The predicted octanol–water partition coefficient (Wildman–Crippen LogP) is 2.57. The lowest BCUT2D eigenvalue weighted by atomic mass is 9.77. The lowest BCUT2D eigenvalue weighted by Gasteiger charge is -2.34. The molecule has 1 atom stereocenters. The summed E-state index contributed by atoms with van der Waals surface area (Å²) in [6.45, 7) is 3.08. The molecule has 2 aromatic rings. The van der Waals surface area contributed by atoms with Crippen LogP contribution in [-0.2, 0) is 0 Å².